The zero-order valence-corrected chi connectivity index (χ0v) is 72.3. The van der Waals surface area contributed by atoms with Crippen molar-refractivity contribution in [1.29, 1.82) is 0 Å². The van der Waals surface area contributed by atoms with Crippen LogP contribution in [0.5, 0.6) is 0 Å². The van der Waals surface area contributed by atoms with Crippen LogP contribution in [0.3, 0.4) is 0 Å². The molecule has 0 aliphatic heterocycles. The second-order valence-corrected chi connectivity index (χ2v) is 35.4. The quantitative estimate of drug-likeness (QED) is 0.140. The highest BCUT2D eigenvalue weighted by Gasteiger charge is 2.19. The Bertz CT molecular complexity index is 8870. The van der Waals surface area contributed by atoms with Gasteiger partial charge in [0.05, 0.1) is 0 Å². The van der Waals surface area contributed by atoms with Gasteiger partial charge >= 0.3 is 0 Å². The summed E-state index contributed by atoms with van der Waals surface area (Å²) in [4.78, 5) is 0. The van der Waals surface area contributed by atoms with Gasteiger partial charge in [-0.3, -0.25) is 0 Å². The number of benzene rings is 28. The first-order valence-corrected chi connectivity index (χ1v) is 45.9. The van der Waals surface area contributed by atoms with E-state index < -0.39 is 0 Å². The molecule has 0 unspecified atom stereocenters. The molecule has 0 radical (unpaired) electrons. The SMILES string of the molecule is c1cc(-c2ccc3c4ccccc4c4ccccc4c3c2)cc(-c2ccc3c4ccccc4c4ccccc4c3c2)c1.c1ccc2c(c1)c1ccccc1c1cc(-c3ccc(-c4ccc(-c5ccc6c7ccccc7c7ccccc7c6c5)cc4)cc3)ccc21.c1ccc2c(c1)c1ccccc1c1cc(-c3ccc(-c4ccc5c6ccccc6c6ccccc6c5c4)cc3)ccc21. The van der Waals surface area contributed by atoms with Gasteiger partial charge in [0.25, 0.3) is 0 Å². The Balaban J connectivity index is 0.000000104. The molecule has 0 aromatic heterocycles. The lowest BCUT2D eigenvalue weighted by Gasteiger charge is -2.13. The van der Waals surface area contributed by atoms with Gasteiger partial charge < -0.3 is 0 Å². The molecule has 0 spiro atoms. The molecule has 0 atom stereocenters. The Morgan fingerprint density at radius 3 is 0.280 bits per heavy atom. The van der Waals surface area contributed by atoms with Crippen LogP contribution in [0.4, 0.5) is 0 Å². The summed E-state index contributed by atoms with van der Waals surface area (Å²) in [5.41, 5.74) is 17.3. The minimum absolute atomic E-state index is 1.22. The molecule has 0 aliphatic rings. The van der Waals surface area contributed by atoms with Gasteiger partial charge in [0, 0.05) is 0 Å². The summed E-state index contributed by atoms with van der Waals surface area (Å²) in [6.45, 7) is 0. The number of hydrogen-bond acceptors (Lipinski definition) is 0. The van der Waals surface area contributed by atoms with Crippen LogP contribution >= 0.6 is 0 Å². The van der Waals surface area contributed by atoms with E-state index in [0.29, 0.717) is 0 Å². The highest BCUT2D eigenvalue weighted by atomic mass is 14.2. The molecule has 610 valence electrons. The van der Waals surface area contributed by atoms with Crippen molar-refractivity contribution in [1.82, 2.24) is 0 Å². The van der Waals surface area contributed by atoms with Crippen LogP contribution in [0.25, 0.3) is 272 Å². The fraction of sp³-hybridized carbons (Fsp3) is 0. The number of hydrogen-bond donors (Lipinski definition) is 0. The second kappa shape index (κ2) is 31.4. The van der Waals surface area contributed by atoms with Crippen molar-refractivity contribution in [3.63, 3.8) is 0 Å². The number of fused-ring (bicyclic) bond motifs is 36. The maximum atomic E-state index is 2.38. The summed E-state index contributed by atoms with van der Waals surface area (Å²) in [5.74, 6) is 0. The summed E-state index contributed by atoms with van der Waals surface area (Å²) < 4.78 is 0. The summed E-state index contributed by atoms with van der Waals surface area (Å²) in [7, 11) is 0. The first-order chi connectivity index (χ1) is 65.5. The van der Waals surface area contributed by atoms with E-state index in [-0.39, 0.29) is 0 Å². The van der Waals surface area contributed by atoms with E-state index in [4.69, 9.17) is 0 Å². The van der Waals surface area contributed by atoms with Gasteiger partial charge in [-0.05, 0) is 314 Å². The lowest BCUT2D eigenvalue weighted by Crippen LogP contribution is -1.87. The highest BCUT2D eigenvalue weighted by molar-refractivity contribution is 6.32. The van der Waals surface area contributed by atoms with Crippen LogP contribution in [0.15, 0.2) is 497 Å². The maximum absolute atomic E-state index is 2.38. The molecule has 0 saturated heterocycles. The Hall–Kier alpha value is -17.2. The molecule has 0 heteroatoms. The summed E-state index contributed by atoms with van der Waals surface area (Å²) in [6, 6.07) is 183. The fourth-order valence-corrected chi connectivity index (χ4v) is 22.0. The zero-order chi connectivity index (χ0) is 86.9. The molecule has 132 heavy (non-hydrogen) atoms. The van der Waals surface area contributed by atoms with Crippen LogP contribution < -0.4 is 0 Å². The molecule has 0 bridgehead atoms. The molecule has 28 aromatic carbocycles. The topological polar surface area (TPSA) is 0 Å². The summed E-state index contributed by atoms with van der Waals surface area (Å²) >= 11 is 0. The van der Waals surface area contributed by atoms with Crippen LogP contribution in [0.1, 0.15) is 0 Å². The molecule has 28 rings (SSSR count). The second-order valence-electron chi connectivity index (χ2n) is 35.4. The summed E-state index contributed by atoms with van der Waals surface area (Å²) in [6.07, 6.45) is 0. The fourth-order valence-electron chi connectivity index (χ4n) is 22.0. The summed E-state index contributed by atoms with van der Waals surface area (Å²) in [5, 5.41) is 47.0. The molecule has 0 saturated carbocycles. The van der Waals surface area contributed by atoms with Gasteiger partial charge in [0.1, 0.15) is 0 Å². The maximum Gasteiger partial charge on any atom is -0.00928 e. The van der Waals surface area contributed by atoms with Crippen molar-refractivity contribution in [3.8, 4) is 77.9 Å². The normalized spacial score (nSPS) is 11.8. The molecule has 0 amide bonds. The van der Waals surface area contributed by atoms with Gasteiger partial charge in [-0.2, -0.15) is 0 Å². The smallest absolute Gasteiger partial charge is 0.00928 e. The van der Waals surface area contributed by atoms with Gasteiger partial charge in [0.15, 0.2) is 0 Å². The molecule has 28 aromatic rings. The largest absolute Gasteiger partial charge is 0.0616 e. The monoisotopic (exact) mass is 1670 g/mol. The van der Waals surface area contributed by atoms with Gasteiger partial charge in [-0.15, -0.1) is 0 Å². The van der Waals surface area contributed by atoms with Crippen molar-refractivity contribution in [2.24, 2.45) is 0 Å². The average Bonchev–Trinajstić information content (AvgIpc) is 0.795. The van der Waals surface area contributed by atoms with Gasteiger partial charge in [-0.25, -0.2) is 0 Å². The molecular formula is C132H82. The van der Waals surface area contributed by atoms with Crippen molar-refractivity contribution in [3.05, 3.63) is 497 Å². The minimum Gasteiger partial charge on any atom is -0.0616 e. The molecule has 0 fully saturated rings. The van der Waals surface area contributed by atoms with Crippen LogP contribution in [-0.4, -0.2) is 0 Å². The molecule has 0 aliphatic carbocycles. The Labute approximate surface area is 763 Å². The molecular weight excluding hydrogens is 1590 g/mol. The third-order valence-corrected chi connectivity index (χ3v) is 28.3. The molecule has 0 N–H and O–H groups in total. The predicted octanol–water partition coefficient (Wildman–Crippen LogP) is 37.5. The van der Waals surface area contributed by atoms with E-state index in [9.17, 15) is 0 Å². The van der Waals surface area contributed by atoms with E-state index in [2.05, 4.69) is 497 Å². The first-order valence-electron chi connectivity index (χ1n) is 45.9. The third-order valence-electron chi connectivity index (χ3n) is 28.3. The molecule has 0 nitrogen and oxygen atoms in total. The Kier molecular flexibility index (Phi) is 18.1. The Morgan fingerprint density at radius 1 is 0.0530 bits per heavy atom. The van der Waals surface area contributed by atoms with Crippen LogP contribution in [0.2, 0.25) is 0 Å². The minimum atomic E-state index is 1.22. The number of rotatable bonds is 7. The highest BCUT2D eigenvalue weighted by Crippen LogP contribution is 2.47. The van der Waals surface area contributed by atoms with Crippen molar-refractivity contribution >= 4 is 194 Å². The van der Waals surface area contributed by atoms with E-state index >= 15 is 0 Å². The first kappa shape index (κ1) is 76.1. The van der Waals surface area contributed by atoms with Crippen LogP contribution in [0, 0.1) is 0 Å². The van der Waals surface area contributed by atoms with Gasteiger partial charge in [-0.1, -0.05) is 455 Å². The lowest BCUT2D eigenvalue weighted by molar-refractivity contribution is 1.59. The lowest BCUT2D eigenvalue weighted by atomic mass is 9.90. The van der Waals surface area contributed by atoms with E-state index in [1.807, 2.05) is 0 Å². The van der Waals surface area contributed by atoms with Crippen molar-refractivity contribution in [2.45, 2.75) is 0 Å². The van der Waals surface area contributed by atoms with Crippen LogP contribution in [-0.2, 0) is 0 Å². The standard InChI is InChI=1S/C48H30.2C42H26/c1-3-13-41-37(9-1)39-11-5-7-15-43(39)47-29-35(25-27-45(41)47)33-21-17-31(18-22-33)32-19-23-34(24-20-32)36-26-28-46-42-14-4-2-10-38(42)40-12-6-8-16-44(40)48(46)30-36;1-3-16-35-31(12-1)33-14-5-7-18-37(33)41-25-29(20-22-39(35)41)27-10-9-11-28(24-27)30-21-23-40-36-17-4-2-13-32(36)34-15-6-8-19-38(34)42(40)26-30;1-3-13-35-31(9-1)33-11-5-7-15-37(33)41-25-29(21-23-39(35)41)27-17-19-28(20-18-27)30-22-24-40-36-14-4-2-10-32(36)34-12-6-8-16-38(34)42(40)26-30/h1-30H;2*1-26H. The van der Waals surface area contributed by atoms with E-state index in [0.717, 1.165) is 0 Å². The van der Waals surface area contributed by atoms with Crippen molar-refractivity contribution in [2.75, 3.05) is 0 Å². The van der Waals surface area contributed by atoms with E-state index in [1.54, 1.807) is 0 Å². The van der Waals surface area contributed by atoms with E-state index in [1.165, 1.54) is 272 Å². The molecule has 0 heterocycles. The predicted molar refractivity (Wildman–Crippen MR) is 572 cm³/mol. The Morgan fingerprint density at radius 2 is 0.144 bits per heavy atom. The van der Waals surface area contributed by atoms with Crippen molar-refractivity contribution < 1.29 is 0 Å². The van der Waals surface area contributed by atoms with Gasteiger partial charge in [0.2, 0.25) is 0 Å². The average molecular weight is 1670 g/mol. The third kappa shape index (κ3) is 12.7. The zero-order valence-electron chi connectivity index (χ0n) is 72.3.